The third kappa shape index (κ3) is 7.66. The normalized spacial score (nSPS) is 46.8. The van der Waals surface area contributed by atoms with Crippen molar-refractivity contribution in [2.45, 2.75) is 98.4 Å². The van der Waals surface area contributed by atoms with Crippen molar-refractivity contribution in [2.24, 2.45) is 28.7 Å². The molecule has 0 spiro atoms. The van der Waals surface area contributed by atoms with Crippen LogP contribution in [0, 0.1) is 0 Å². The van der Waals surface area contributed by atoms with Gasteiger partial charge in [-0.25, -0.2) is 0 Å². The van der Waals surface area contributed by atoms with Gasteiger partial charge in [0.05, 0.1) is 30.9 Å². The highest BCUT2D eigenvalue weighted by Crippen LogP contribution is 2.30. The van der Waals surface area contributed by atoms with Gasteiger partial charge in [-0.2, -0.15) is 0 Å². The Morgan fingerprint density at radius 1 is 0.667 bits per heavy atom. The van der Waals surface area contributed by atoms with E-state index in [-0.39, 0.29) is 41.3 Å². The van der Waals surface area contributed by atoms with Crippen LogP contribution in [0.1, 0.15) is 12.8 Å². The summed E-state index contributed by atoms with van der Waals surface area (Å²) in [6.45, 7) is -0.499. The summed E-state index contributed by atoms with van der Waals surface area (Å²) in [6.07, 6.45) is -10.8. The third-order valence-corrected chi connectivity index (χ3v) is 6.41. The maximum atomic E-state index is 11.0. The highest BCUT2D eigenvalue weighted by atomic mass is 16.7. The molecule has 0 bridgehead atoms. The topological polar surface area (TPSA) is 394 Å². The summed E-state index contributed by atoms with van der Waals surface area (Å²) in [5.74, 6) is 0. The fourth-order valence-corrected chi connectivity index (χ4v) is 4.43. The monoisotopic (exact) mass is 539 g/mol. The van der Waals surface area contributed by atoms with E-state index in [1.165, 1.54) is 0 Å². The van der Waals surface area contributed by atoms with Crippen LogP contribution in [0.25, 0.3) is 0 Å². The molecule has 2 aliphatic heterocycles. The van der Waals surface area contributed by atoms with E-state index in [1.54, 1.807) is 0 Å². The van der Waals surface area contributed by atoms with Gasteiger partial charge in [0.15, 0.2) is 12.6 Å². The average molecular weight is 540 g/mol. The van der Waals surface area contributed by atoms with Crippen LogP contribution in [0.3, 0.4) is 0 Å². The van der Waals surface area contributed by atoms with Gasteiger partial charge in [0.25, 0.3) is 0 Å². The zero-order valence-electron chi connectivity index (χ0n) is 19.7. The molecule has 23 N–H and O–H groups in total. The molecule has 2 heterocycles. The van der Waals surface area contributed by atoms with Gasteiger partial charge in [0.2, 0.25) is 0 Å². The van der Waals surface area contributed by atoms with Crippen molar-refractivity contribution in [1.29, 1.82) is 0 Å². The van der Waals surface area contributed by atoms with Crippen LogP contribution >= 0.6 is 0 Å². The van der Waals surface area contributed by atoms with Crippen LogP contribution in [0.4, 0.5) is 0 Å². The molecule has 18 nitrogen and oxygen atoms in total. The SMILES string of the molecule is NC[C@H]1OC(OC2C(N)CC(N)C(OC3O[C@H](CO)C(O)C(N)C3O)C2O)C(N)CC1O.O.O.O.O. The van der Waals surface area contributed by atoms with Gasteiger partial charge in [-0.05, 0) is 12.8 Å². The Kier molecular flexibility index (Phi) is 16.3. The molecule has 0 aromatic carbocycles. The summed E-state index contributed by atoms with van der Waals surface area (Å²) in [5, 5.41) is 50.7. The summed E-state index contributed by atoms with van der Waals surface area (Å²) >= 11 is 0. The van der Waals surface area contributed by atoms with Crippen molar-refractivity contribution in [3.63, 3.8) is 0 Å². The van der Waals surface area contributed by atoms with Crippen molar-refractivity contribution < 1.29 is 66.4 Å². The van der Waals surface area contributed by atoms with E-state index < -0.39 is 92.2 Å². The summed E-state index contributed by atoms with van der Waals surface area (Å²) in [4.78, 5) is 0. The number of hydrogen-bond donors (Lipinski definition) is 10. The molecular formula is C18H45N5O13. The van der Waals surface area contributed by atoms with Crippen molar-refractivity contribution in [1.82, 2.24) is 0 Å². The Morgan fingerprint density at radius 2 is 1.17 bits per heavy atom. The van der Waals surface area contributed by atoms with E-state index in [0.29, 0.717) is 0 Å². The second-order valence-electron chi connectivity index (χ2n) is 8.78. The molecule has 12 unspecified atom stereocenters. The number of aliphatic hydroxyl groups excluding tert-OH is 5. The highest BCUT2D eigenvalue weighted by Gasteiger charge is 2.50. The van der Waals surface area contributed by atoms with Crippen molar-refractivity contribution in [2.75, 3.05) is 13.2 Å². The van der Waals surface area contributed by atoms with Crippen LogP contribution in [0.2, 0.25) is 0 Å². The largest absolute Gasteiger partial charge is 0.412 e. The Hall–Kier alpha value is -0.720. The minimum Gasteiger partial charge on any atom is -0.412 e. The van der Waals surface area contributed by atoms with Gasteiger partial charge in [-0.1, -0.05) is 0 Å². The average Bonchev–Trinajstić information content (AvgIpc) is 2.75. The summed E-state index contributed by atoms with van der Waals surface area (Å²) in [6, 6.07) is -3.27. The number of hydrogen-bond acceptors (Lipinski definition) is 14. The molecule has 0 aromatic heterocycles. The van der Waals surface area contributed by atoms with E-state index in [0.717, 1.165) is 0 Å². The first-order chi connectivity index (χ1) is 15.1. The molecule has 14 atom stereocenters. The molecule has 0 aromatic rings. The quantitative estimate of drug-likeness (QED) is 0.150. The minimum atomic E-state index is -1.44. The fourth-order valence-electron chi connectivity index (χ4n) is 4.43. The second kappa shape index (κ2) is 15.6. The predicted molar refractivity (Wildman–Crippen MR) is 123 cm³/mol. The van der Waals surface area contributed by atoms with Gasteiger partial charge in [0, 0.05) is 18.6 Å². The van der Waals surface area contributed by atoms with Crippen LogP contribution in [-0.4, -0.2) is 146 Å². The molecule has 18 heteroatoms. The molecule has 0 radical (unpaired) electrons. The maximum Gasteiger partial charge on any atom is 0.186 e. The number of ether oxygens (including phenoxy) is 4. The van der Waals surface area contributed by atoms with E-state index in [9.17, 15) is 25.5 Å². The summed E-state index contributed by atoms with van der Waals surface area (Å²) in [7, 11) is 0. The zero-order valence-corrected chi connectivity index (χ0v) is 19.7. The first-order valence-corrected chi connectivity index (χ1v) is 10.8. The molecular weight excluding hydrogens is 494 g/mol. The zero-order chi connectivity index (χ0) is 23.7. The smallest absolute Gasteiger partial charge is 0.186 e. The maximum absolute atomic E-state index is 11.0. The number of nitrogens with two attached hydrogens (primary N) is 5. The fraction of sp³-hybridized carbons (Fsp3) is 1.00. The van der Waals surface area contributed by atoms with Gasteiger partial charge in [-0.3, -0.25) is 0 Å². The lowest BCUT2D eigenvalue weighted by Gasteiger charge is -2.47. The van der Waals surface area contributed by atoms with E-state index in [2.05, 4.69) is 0 Å². The van der Waals surface area contributed by atoms with E-state index in [4.69, 9.17) is 47.6 Å². The molecule has 0 amide bonds. The number of aliphatic hydroxyl groups is 5. The molecule has 3 fully saturated rings. The first-order valence-electron chi connectivity index (χ1n) is 10.8. The minimum absolute atomic E-state index is 0. The Bertz CT molecular complexity index is 614. The summed E-state index contributed by atoms with van der Waals surface area (Å²) in [5.41, 5.74) is 29.8. The van der Waals surface area contributed by atoms with Crippen molar-refractivity contribution in [3.05, 3.63) is 0 Å². The predicted octanol–water partition coefficient (Wildman–Crippen LogP) is -9.59. The summed E-state index contributed by atoms with van der Waals surface area (Å²) < 4.78 is 22.7. The van der Waals surface area contributed by atoms with Gasteiger partial charge in [0.1, 0.15) is 36.6 Å². The van der Waals surface area contributed by atoms with Crippen LogP contribution < -0.4 is 28.7 Å². The first kappa shape index (κ1) is 37.4. The van der Waals surface area contributed by atoms with Crippen molar-refractivity contribution in [3.8, 4) is 0 Å². The lowest BCUT2D eigenvalue weighted by molar-refractivity contribution is -0.314. The standard InChI is InChI=1S/C18H37N5O9.4H2O/c19-3-9-8(25)2-7(22)17(29-9)31-15-5(20)1-6(21)16(14(15)28)32-18-13(27)11(23)12(26)10(4-24)30-18;;;;/h5-18,24-28H,1-4,19-23H2;4*1H2/t5?,6?,7?,8?,9-,10-,11?,12?,13?,14?,15?,16?,17?,18?;;;;/m1..../s1. The van der Waals surface area contributed by atoms with Crippen molar-refractivity contribution >= 4 is 0 Å². The third-order valence-electron chi connectivity index (χ3n) is 6.41. The lowest BCUT2D eigenvalue weighted by Crippen LogP contribution is -2.68. The number of rotatable bonds is 6. The van der Waals surface area contributed by atoms with E-state index >= 15 is 0 Å². The Balaban J connectivity index is 0. The molecule has 3 rings (SSSR count). The molecule has 3 aliphatic rings. The van der Waals surface area contributed by atoms with Gasteiger partial charge in [-0.15, -0.1) is 0 Å². The second-order valence-corrected chi connectivity index (χ2v) is 8.78. The highest BCUT2D eigenvalue weighted by molar-refractivity contribution is 5.01. The molecule has 1 aliphatic carbocycles. The molecule has 220 valence electrons. The van der Waals surface area contributed by atoms with Gasteiger partial charge >= 0.3 is 0 Å². The van der Waals surface area contributed by atoms with E-state index in [1.807, 2.05) is 0 Å². The van der Waals surface area contributed by atoms with Crippen LogP contribution in [-0.2, 0) is 18.9 Å². The Morgan fingerprint density at radius 3 is 1.67 bits per heavy atom. The van der Waals surface area contributed by atoms with Crippen LogP contribution in [0.5, 0.6) is 0 Å². The molecule has 1 saturated carbocycles. The van der Waals surface area contributed by atoms with Crippen LogP contribution in [0.15, 0.2) is 0 Å². The lowest BCUT2D eigenvalue weighted by atomic mass is 9.84. The van der Waals surface area contributed by atoms with Gasteiger partial charge < -0.3 is 95.1 Å². The Labute approximate surface area is 207 Å². The molecule has 36 heavy (non-hydrogen) atoms. The molecule has 2 saturated heterocycles.